The molecule has 1 aromatic rings. The van der Waals surface area contributed by atoms with E-state index in [9.17, 15) is 0 Å². The molecule has 0 N–H and O–H groups in total. The van der Waals surface area contributed by atoms with Crippen LogP contribution in [0.15, 0.2) is 40.5 Å². The van der Waals surface area contributed by atoms with Gasteiger partial charge in [-0.2, -0.15) is 0 Å². The number of aryl methyl sites for hydroxylation is 2. The van der Waals surface area contributed by atoms with Gasteiger partial charge in [-0.1, -0.05) is 0 Å². The zero-order valence-electron chi connectivity index (χ0n) is 15.9. The van der Waals surface area contributed by atoms with E-state index in [-0.39, 0.29) is 0 Å². The van der Waals surface area contributed by atoms with Crippen LogP contribution in [0.3, 0.4) is 0 Å². The van der Waals surface area contributed by atoms with Crippen molar-refractivity contribution in [3.8, 4) is 0 Å². The summed E-state index contributed by atoms with van der Waals surface area (Å²) in [5.74, 6) is 0. The van der Waals surface area contributed by atoms with E-state index in [1.807, 2.05) is 0 Å². The third kappa shape index (κ3) is 2.19. The number of rotatable bonds is 2. The Bertz CT molecular complexity index is 810. The Morgan fingerprint density at radius 3 is 2.08 bits per heavy atom. The van der Waals surface area contributed by atoms with E-state index < -0.39 is 22.9 Å². The van der Waals surface area contributed by atoms with Gasteiger partial charge >= 0.3 is 159 Å². The van der Waals surface area contributed by atoms with E-state index in [2.05, 4.69) is 65.8 Å². The molecule has 0 radical (unpaired) electrons. The third-order valence-electron chi connectivity index (χ3n) is 7.12. The molecule has 0 heterocycles. The number of hydrogen-bond donors (Lipinski definition) is 0. The summed E-state index contributed by atoms with van der Waals surface area (Å²) in [4.78, 5) is 0. The Balaban J connectivity index is 1.77. The topological polar surface area (TPSA) is 0 Å². The first-order chi connectivity index (χ1) is 11.3. The molecule has 1 atom stereocenters. The Morgan fingerprint density at radius 1 is 0.875 bits per heavy atom. The second kappa shape index (κ2) is 5.40. The van der Waals surface area contributed by atoms with Crippen LogP contribution in [0.2, 0.25) is 3.17 Å². The van der Waals surface area contributed by atoms with Gasteiger partial charge in [0, 0.05) is 0 Å². The second-order valence-corrected chi connectivity index (χ2v) is 16.6. The molecular weight excluding hydrogens is 455 g/mol. The molecule has 0 nitrogen and oxygen atoms in total. The molecular formula is C23H28Hf+2. The van der Waals surface area contributed by atoms with Crippen molar-refractivity contribution in [3.05, 3.63) is 62.8 Å². The third-order valence-corrected chi connectivity index (χ3v) is 15.0. The summed E-state index contributed by atoms with van der Waals surface area (Å²) in [5.41, 5.74) is 12.8. The van der Waals surface area contributed by atoms with E-state index in [0.29, 0.717) is 6.34 Å². The van der Waals surface area contributed by atoms with E-state index in [1.54, 1.807) is 39.0 Å². The van der Waals surface area contributed by atoms with Crippen molar-refractivity contribution < 1.29 is 22.9 Å². The van der Waals surface area contributed by atoms with Crippen molar-refractivity contribution in [1.82, 2.24) is 0 Å². The van der Waals surface area contributed by atoms with Gasteiger partial charge in [-0.3, -0.25) is 0 Å². The average molecular weight is 483 g/mol. The van der Waals surface area contributed by atoms with Crippen LogP contribution in [0.5, 0.6) is 0 Å². The van der Waals surface area contributed by atoms with Gasteiger partial charge in [0.25, 0.3) is 0 Å². The molecule has 0 saturated heterocycles. The van der Waals surface area contributed by atoms with E-state index >= 15 is 0 Å². The predicted octanol–water partition coefficient (Wildman–Crippen LogP) is 6.36. The van der Waals surface area contributed by atoms with Crippen molar-refractivity contribution in [2.24, 2.45) is 0 Å². The molecule has 0 bridgehead atoms. The summed E-state index contributed by atoms with van der Waals surface area (Å²) in [7, 11) is 0. The molecule has 0 fully saturated rings. The molecule has 0 spiro atoms. The molecule has 122 valence electrons. The molecule has 24 heavy (non-hydrogen) atoms. The Hall–Kier alpha value is -0.690. The monoisotopic (exact) mass is 484 g/mol. The molecule has 1 heteroatoms. The Kier molecular flexibility index (Phi) is 3.77. The summed E-state index contributed by atoms with van der Waals surface area (Å²) < 4.78 is 0.725. The maximum absolute atomic E-state index is 2.58. The maximum atomic E-state index is 2.58. The molecule has 1 aromatic carbocycles. The molecule has 3 aliphatic carbocycles. The van der Waals surface area contributed by atoms with Crippen LogP contribution in [-0.2, 0) is 38.9 Å². The molecule has 4 rings (SSSR count). The Morgan fingerprint density at radius 2 is 1.46 bits per heavy atom. The van der Waals surface area contributed by atoms with Crippen LogP contribution >= 0.6 is 0 Å². The SMILES string of the molecule is CC1=C(C)[C](C)([Hf+2][C]2(C)C=Cc3cc4c(cc32)CCC4)C(C)=C1C. The van der Waals surface area contributed by atoms with Gasteiger partial charge in [-0.15, -0.1) is 0 Å². The summed E-state index contributed by atoms with van der Waals surface area (Å²) in [6.45, 7) is 14.5. The number of hydrogen-bond acceptors (Lipinski definition) is 0. The minimum atomic E-state index is -1.05. The van der Waals surface area contributed by atoms with E-state index in [4.69, 9.17) is 0 Å². The first-order valence-corrected chi connectivity index (χ1v) is 12.9. The first kappa shape index (κ1) is 16.8. The van der Waals surface area contributed by atoms with Gasteiger partial charge in [-0.25, -0.2) is 0 Å². The van der Waals surface area contributed by atoms with Crippen LogP contribution in [0.25, 0.3) is 6.08 Å². The molecule has 3 aliphatic rings. The summed E-state index contributed by atoms with van der Waals surface area (Å²) in [6, 6.07) is 5.09. The van der Waals surface area contributed by atoms with Gasteiger partial charge in [0.1, 0.15) is 0 Å². The number of allylic oxidation sites excluding steroid dienone is 5. The van der Waals surface area contributed by atoms with Gasteiger partial charge in [0.2, 0.25) is 0 Å². The van der Waals surface area contributed by atoms with Crippen molar-refractivity contribution in [2.75, 3.05) is 0 Å². The van der Waals surface area contributed by atoms with E-state index in [0.717, 1.165) is 0 Å². The molecule has 0 aliphatic heterocycles. The molecule has 0 saturated carbocycles. The predicted molar refractivity (Wildman–Crippen MR) is 100.0 cm³/mol. The average Bonchev–Trinajstić information content (AvgIpc) is 3.17. The van der Waals surface area contributed by atoms with E-state index in [1.165, 1.54) is 24.8 Å². The standard InChI is InChI=1S/C13H13.C10H15.Hf/c1-9-5-6-12-7-10-3-2-4-11(10)8-13(9)12;1-6-7(2)9(4)10(5)8(6)3;/h5-8H,2-4H2,1H3;1-5H3;/q;;+2. The van der Waals surface area contributed by atoms with Crippen LogP contribution in [0.1, 0.15) is 70.2 Å². The zero-order valence-corrected chi connectivity index (χ0v) is 19.5. The molecule has 1 unspecified atom stereocenters. The number of benzene rings is 1. The second-order valence-electron chi connectivity index (χ2n) is 8.35. The summed E-state index contributed by atoms with van der Waals surface area (Å²) >= 11 is -1.05. The summed E-state index contributed by atoms with van der Waals surface area (Å²) in [5, 5.41) is 0. The van der Waals surface area contributed by atoms with Crippen molar-refractivity contribution >= 4 is 6.08 Å². The minimum absolute atomic E-state index is 0.342. The van der Waals surface area contributed by atoms with Crippen LogP contribution in [0.4, 0.5) is 0 Å². The quantitative estimate of drug-likeness (QED) is 0.430. The van der Waals surface area contributed by atoms with Gasteiger partial charge in [0.15, 0.2) is 0 Å². The van der Waals surface area contributed by atoms with Crippen molar-refractivity contribution in [2.45, 2.75) is 67.1 Å². The normalized spacial score (nSPS) is 26.9. The fourth-order valence-corrected chi connectivity index (χ4v) is 13.3. The summed E-state index contributed by atoms with van der Waals surface area (Å²) in [6.07, 6.45) is 8.91. The first-order valence-electron chi connectivity index (χ1n) is 9.27. The molecule has 0 amide bonds. The zero-order chi connectivity index (χ0) is 17.3. The van der Waals surface area contributed by atoms with Crippen LogP contribution in [0, 0.1) is 0 Å². The fraction of sp³-hybridized carbons (Fsp3) is 0.478. The van der Waals surface area contributed by atoms with Crippen molar-refractivity contribution in [3.63, 3.8) is 0 Å². The van der Waals surface area contributed by atoms with Gasteiger partial charge in [-0.05, 0) is 0 Å². The van der Waals surface area contributed by atoms with Gasteiger partial charge < -0.3 is 0 Å². The van der Waals surface area contributed by atoms with Crippen LogP contribution < -0.4 is 0 Å². The Labute approximate surface area is 158 Å². The number of fused-ring (bicyclic) bond motifs is 2. The van der Waals surface area contributed by atoms with Crippen LogP contribution in [-0.4, -0.2) is 0 Å². The van der Waals surface area contributed by atoms with Crippen molar-refractivity contribution in [1.29, 1.82) is 0 Å². The van der Waals surface area contributed by atoms with Gasteiger partial charge in [0.05, 0.1) is 0 Å². The molecule has 0 aromatic heterocycles. The fourth-order valence-electron chi connectivity index (χ4n) is 4.99.